The van der Waals surface area contributed by atoms with Crippen molar-refractivity contribution in [1.29, 1.82) is 0 Å². The van der Waals surface area contributed by atoms with Crippen LogP contribution in [0.5, 0.6) is 17.2 Å². The average Bonchev–Trinajstić information content (AvgIpc) is 3.36. The van der Waals surface area contributed by atoms with E-state index >= 15 is 0 Å². The number of allylic oxidation sites excluding steroid dienone is 1. The van der Waals surface area contributed by atoms with Gasteiger partial charge in [0.15, 0.2) is 11.5 Å². The maximum absolute atomic E-state index is 13.3. The lowest BCUT2D eigenvalue weighted by Crippen LogP contribution is -2.60. The Labute approximate surface area is 196 Å². The Morgan fingerprint density at radius 3 is 2.91 bits per heavy atom. The monoisotopic (exact) mass is 494 g/mol. The standard InChI is InChI=1S/C22H27N2O9P/c1-11-5-3-2-4-6-24(11)9-31-34(28)32-19-14(25)7-13-12-8-15-20(30-10-29-15)18(26)16(12)22(27)23-17(13)21(19)33-34/h8,13-14,17,19,21,25-26H,1-7,9-10H2,(H,23,27)/t13-,14+,17-,19-,21+,34?/m1/s1. The molecule has 1 amide bonds. The Kier molecular flexibility index (Phi) is 5.31. The molecule has 4 heterocycles. The fourth-order valence-electron chi connectivity index (χ4n) is 5.56. The van der Waals surface area contributed by atoms with Crippen LogP contribution in [0.4, 0.5) is 0 Å². The number of rotatable bonds is 3. The first-order valence-electron chi connectivity index (χ1n) is 11.5. The molecule has 1 aliphatic carbocycles. The summed E-state index contributed by atoms with van der Waals surface area (Å²) in [5, 5.41) is 24.3. The van der Waals surface area contributed by atoms with Crippen molar-refractivity contribution in [3.05, 3.63) is 29.5 Å². The molecule has 11 nitrogen and oxygen atoms in total. The third kappa shape index (κ3) is 3.49. The molecule has 1 aromatic rings. The summed E-state index contributed by atoms with van der Waals surface area (Å²) in [6, 6.07) is 1.01. The Morgan fingerprint density at radius 2 is 2.06 bits per heavy atom. The number of carbonyl (C=O) groups is 1. The van der Waals surface area contributed by atoms with Crippen LogP contribution in [0, 0.1) is 0 Å². The van der Waals surface area contributed by atoms with Crippen LogP contribution in [0.25, 0.3) is 0 Å². The molecule has 34 heavy (non-hydrogen) atoms. The van der Waals surface area contributed by atoms with Gasteiger partial charge in [0.05, 0.1) is 17.7 Å². The van der Waals surface area contributed by atoms with E-state index in [0.29, 0.717) is 11.3 Å². The first-order chi connectivity index (χ1) is 16.3. The largest absolute Gasteiger partial charge is 0.504 e. The molecule has 5 aliphatic rings. The zero-order chi connectivity index (χ0) is 23.6. The normalized spacial score (nSPS) is 36.4. The molecule has 2 saturated heterocycles. The van der Waals surface area contributed by atoms with Crippen LogP contribution in [0.3, 0.4) is 0 Å². The number of phosphoric ester groups is 1. The van der Waals surface area contributed by atoms with Crippen molar-refractivity contribution in [2.75, 3.05) is 20.1 Å². The summed E-state index contributed by atoms with van der Waals surface area (Å²) < 4.78 is 41.1. The third-order valence-electron chi connectivity index (χ3n) is 7.29. The van der Waals surface area contributed by atoms with Crippen molar-refractivity contribution in [3.8, 4) is 17.2 Å². The second-order valence-electron chi connectivity index (χ2n) is 9.32. The van der Waals surface area contributed by atoms with E-state index < -0.39 is 44.0 Å². The summed E-state index contributed by atoms with van der Waals surface area (Å²) in [5.41, 5.74) is 1.50. The van der Waals surface area contributed by atoms with E-state index in [1.807, 2.05) is 4.90 Å². The highest BCUT2D eigenvalue weighted by Gasteiger charge is 2.59. The number of likely N-dealkylation sites (tertiary alicyclic amines) is 1. The minimum Gasteiger partial charge on any atom is -0.504 e. The number of aliphatic hydroxyl groups is 1. The fraction of sp³-hybridized carbons (Fsp3) is 0.591. The Balaban J connectivity index is 1.25. The second-order valence-corrected chi connectivity index (χ2v) is 10.9. The number of phenols is 1. The van der Waals surface area contributed by atoms with Crippen LogP contribution in [-0.4, -0.2) is 65.4 Å². The molecule has 1 saturated carbocycles. The van der Waals surface area contributed by atoms with E-state index in [1.54, 1.807) is 6.07 Å². The van der Waals surface area contributed by atoms with Crippen LogP contribution >= 0.6 is 7.82 Å². The summed E-state index contributed by atoms with van der Waals surface area (Å²) in [7, 11) is -4.00. The summed E-state index contributed by atoms with van der Waals surface area (Å²) in [4.78, 5) is 14.9. The van der Waals surface area contributed by atoms with E-state index in [0.717, 1.165) is 37.9 Å². The van der Waals surface area contributed by atoms with Gasteiger partial charge in [-0.25, -0.2) is 4.57 Å². The van der Waals surface area contributed by atoms with Gasteiger partial charge in [-0.3, -0.25) is 18.4 Å². The number of fused-ring (bicyclic) bond motifs is 6. The second kappa shape index (κ2) is 8.13. The summed E-state index contributed by atoms with van der Waals surface area (Å²) in [6.07, 6.45) is 1.34. The highest BCUT2D eigenvalue weighted by molar-refractivity contribution is 7.48. The van der Waals surface area contributed by atoms with Crippen molar-refractivity contribution >= 4 is 13.7 Å². The Bertz CT molecular complexity index is 1090. The van der Waals surface area contributed by atoms with Crippen LogP contribution < -0.4 is 14.8 Å². The molecule has 3 N–H and O–H groups in total. The van der Waals surface area contributed by atoms with Gasteiger partial charge >= 0.3 is 7.82 Å². The number of nitrogens with zero attached hydrogens (tertiary/aromatic N) is 1. The maximum Gasteiger partial charge on any atom is 0.477 e. The number of benzene rings is 1. The van der Waals surface area contributed by atoms with Crippen LogP contribution in [0.15, 0.2) is 18.3 Å². The first-order valence-corrected chi connectivity index (χ1v) is 13.0. The Morgan fingerprint density at radius 1 is 1.24 bits per heavy atom. The van der Waals surface area contributed by atoms with Crippen LogP contribution in [-0.2, 0) is 18.1 Å². The summed E-state index contributed by atoms with van der Waals surface area (Å²) >= 11 is 0. The van der Waals surface area contributed by atoms with Gasteiger partial charge in [-0.05, 0) is 37.3 Å². The average molecular weight is 494 g/mol. The highest BCUT2D eigenvalue weighted by Crippen LogP contribution is 2.62. The molecule has 0 radical (unpaired) electrons. The van der Waals surface area contributed by atoms with Gasteiger partial charge in [-0.1, -0.05) is 13.0 Å². The van der Waals surface area contributed by atoms with Crippen molar-refractivity contribution in [2.24, 2.45) is 0 Å². The van der Waals surface area contributed by atoms with Gasteiger partial charge in [0.1, 0.15) is 18.9 Å². The molecule has 0 aromatic heterocycles. The zero-order valence-corrected chi connectivity index (χ0v) is 19.4. The molecule has 3 fully saturated rings. The predicted octanol–water partition coefficient (Wildman–Crippen LogP) is 2.34. The summed E-state index contributed by atoms with van der Waals surface area (Å²) in [5.74, 6) is -0.793. The number of phenolic OH excluding ortho intramolecular Hbond substituents is 1. The van der Waals surface area contributed by atoms with Gasteiger partial charge in [0.2, 0.25) is 12.5 Å². The summed E-state index contributed by atoms with van der Waals surface area (Å²) in [6.45, 7) is 4.76. The van der Waals surface area contributed by atoms with Crippen molar-refractivity contribution in [3.63, 3.8) is 0 Å². The van der Waals surface area contributed by atoms with Crippen LogP contribution in [0.2, 0.25) is 0 Å². The molecule has 184 valence electrons. The lowest BCUT2D eigenvalue weighted by molar-refractivity contribution is -0.0374. The van der Waals surface area contributed by atoms with E-state index in [1.165, 1.54) is 0 Å². The maximum atomic E-state index is 13.3. The lowest BCUT2D eigenvalue weighted by Gasteiger charge is -2.43. The smallest absolute Gasteiger partial charge is 0.477 e. The topological polar surface area (TPSA) is 136 Å². The zero-order valence-electron chi connectivity index (χ0n) is 18.5. The van der Waals surface area contributed by atoms with Gasteiger partial charge in [-0.15, -0.1) is 0 Å². The van der Waals surface area contributed by atoms with Gasteiger partial charge in [0, 0.05) is 18.2 Å². The lowest BCUT2D eigenvalue weighted by atomic mass is 9.72. The first kappa shape index (κ1) is 22.2. The van der Waals surface area contributed by atoms with Crippen molar-refractivity contribution in [1.82, 2.24) is 10.2 Å². The van der Waals surface area contributed by atoms with Crippen molar-refractivity contribution in [2.45, 2.75) is 62.4 Å². The SMILES string of the molecule is C=C1CCCCCN1COP1(=O)O[C@H]2[C@@H]3NC(=O)c4c(cc5c(c4O)OCO5)[C@H]3C[C@H](O)[C@H]2O1. The molecule has 4 aliphatic heterocycles. The van der Waals surface area contributed by atoms with Gasteiger partial charge in [-0.2, -0.15) is 0 Å². The van der Waals surface area contributed by atoms with E-state index in [4.69, 9.17) is 23.0 Å². The van der Waals surface area contributed by atoms with Gasteiger partial charge < -0.3 is 29.9 Å². The van der Waals surface area contributed by atoms with E-state index in [-0.39, 0.29) is 37.0 Å². The quantitative estimate of drug-likeness (QED) is 0.537. The number of amides is 1. The van der Waals surface area contributed by atoms with Crippen LogP contribution in [0.1, 0.15) is 53.9 Å². The number of ether oxygens (including phenoxy) is 2. The van der Waals surface area contributed by atoms with Gasteiger partial charge in [0.25, 0.3) is 5.91 Å². The molecular formula is C22H27N2O9P. The number of hydrogen-bond donors (Lipinski definition) is 3. The molecule has 1 aromatic carbocycles. The molecule has 12 heteroatoms. The van der Waals surface area contributed by atoms with E-state index in [9.17, 15) is 19.6 Å². The number of hydrogen-bond acceptors (Lipinski definition) is 10. The van der Waals surface area contributed by atoms with E-state index in [2.05, 4.69) is 11.9 Å². The molecule has 0 bridgehead atoms. The number of nitrogens with one attached hydrogen (secondary N) is 1. The number of aromatic hydroxyl groups is 1. The number of carbonyl (C=O) groups excluding carboxylic acids is 1. The third-order valence-corrected chi connectivity index (χ3v) is 8.73. The minimum absolute atomic E-state index is 0.00623. The predicted molar refractivity (Wildman–Crippen MR) is 116 cm³/mol. The molecule has 1 unspecified atom stereocenters. The Hall–Kier alpha value is -2.30. The fourth-order valence-corrected chi connectivity index (χ4v) is 7.12. The molecule has 0 spiro atoms. The molecule has 6 atom stereocenters. The number of phosphoric acid groups is 1. The molecule has 6 rings (SSSR count). The number of aliphatic hydroxyl groups excluding tert-OH is 1. The molecular weight excluding hydrogens is 467 g/mol. The highest BCUT2D eigenvalue weighted by atomic mass is 31.2. The minimum atomic E-state index is -4.00. The van der Waals surface area contributed by atoms with Crippen molar-refractivity contribution < 1.29 is 42.6 Å².